The van der Waals surface area contributed by atoms with Crippen molar-refractivity contribution in [2.45, 2.75) is 6.92 Å². The average Bonchev–Trinajstić information content (AvgIpc) is 1.91. The molecule has 0 radical (unpaired) electrons. The summed E-state index contributed by atoms with van der Waals surface area (Å²) in [6.45, 7) is 2.02. The van der Waals surface area contributed by atoms with Crippen molar-refractivity contribution < 1.29 is 0 Å². The van der Waals surface area contributed by atoms with E-state index in [0.29, 0.717) is 0 Å². The van der Waals surface area contributed by atoms with Crippen molar-refractivity contribution in [1.82, 2.24) is 0 Å². The van der Waals surface area contributed by atoms with E-state index in [1.165, 1.54) is 5.56 Å². The van der Waals surface area contributed by atoms with Gasteiger partial charge in [-0.15, -0.1) is 12.8 Å². The van der Waals surface area contributed by atoms with Crippen LogP contribution in [0.25, 0.3) is 0 Å². The van der Waals surface area contributed by atoms with Gasteiger partial charge in [-0.1, -0.05) is 23.7 Å². The molecule has 1 aromatic carbocycles. The highest BCUT2D eigenvalue weighted by atomic mass is 35.5. The Morgan fingerprint density at radius 3 is 2.20 bits per heavy atom. The molecule has 0 atom stereocenters. The van der Waals surface area contributed by atoms with Crippen molar-refractivity contribution in [3.8, 4) is 12.8 Å². The SMILES string of the molecule is C#C.Cc1cccc(Cl)c1. The van der Waals surface area contributed by atoms with Gasteiger partial charge in [-0.3, -0.25) is 0 Å². The fourth-order valence-corrected chi connectivity index (χ4v) is 0.850. The van der Waals surface area contributed by atoms with Crippen molar-refractivity contribution in [3.05, 3.63) is 34.9 Å². The quantitative estimate of drug-likeness (QED) is 0.502. The van der Waals surface area contributed by atoms with E-state index in [4.69, 9.17) is 11.6 Å². The number of halogens is 1. The van der Waals surface area contributed by atoms with Crippen LogP contribution in [0.5, 0.6) is 0 Å². The third-order valence-electron chi connectivity index (χ3n) is 0.980. The summed E-state index contributed by atoms with van der Waals surface area (Å²) in [6.07, 6.45) is 8.00. The minimum Gasteiger partial charge on any atom is -0.124 e. The Labute approximate surface area is 66.8 Å². The lowest BCUT2D eigenvalue weighted by Gasteiger charge is -1.88. The Morgan fingerprint density at radius 2 is 1.90 bits per heavy atom. The van der Waals surface area contributed by atoms with E-state index in [-0.39, 0.29) is 0 Å². The zero-order chi connectivity index (χ0) is 7.98. The van der Waals surface area contributed by atoms with E-state index >= 15 is 0 Å². The van der Waals surface area contributed by atoms with Gasteiger partial charge in [0.2, 0.25) is 0 Å². The third kappa shape index (κ3) is 3.17. The van der Waals surface area contributed by atoms with Crippen molar-refractivity contribution in [1.29, 1.82) is 0 Å². The minimum atomic E-state index is 0.810. The molecule has 1 rings (SSSR count). The molecule has 1 aromatic rings. The van der Waals surface area contributed by atoms with Crippen molar-refractivity contribution in [2.75, 3.05) is 0 Å². The molecule has 0 nitrogen and oxygen atoms in total. The Morgan fingerprint density at radius 1 is 1.30 bits per heavy atom. The maximum absolute atomic E-state index is 5.64. The molecule has 1 heteroatoms. The second kappa shape index (κ2) is 4.90. The molecule has 0 aliphatic heterocycles. The molecule has 0 amide bonds. The van der Waals surface area contributed by atoms with Gasteiger partial charge in [-0.25, -0.2) is 0 Å². The lowest BCUT2D eigenvalue weighted by atomic mass is 10.2. The van der Waals surface area contributed by atoms with Crippen LogP contribution in [0.15, 0.2) is 24.3 Å². The molecular weight excluding hydrogens is 144 g/mol. The zero-order valence-electron chi connectivity index (χ0n) is 5.84. The topological polar surface area (TPSA) is 0 Å². The lowest BCUT2D eigenvalue weighted by molar-refractivity contribution is 1.47. The number of rotatable bonds is 0. The van der Waals surface area contributed by atoms with Crippen LogP contribution in [0.3, 0.4) is 0 Å². The van der Waals surface area contributed by atoms with Gasteiger partial charge in [0.25, 0.3) is 0 Å². The molecule has 0 aromatic heterocycles. The standard InChI is InChI=1S/C7H7Cl.C2H2/c1-6-3-2-4-7(8)5-6;1-2/h2-5H,1H3;1-2H. The molecular formula is C9H9Cl. The minimum absolute atomic E-state index is 0.810. The van der Waals surface area contributed by atoms with E-state index in [1.807, 2.05) is 31.2 Å². The fourth-order valence-electron chi connectivity index (χ4n) is 0.606. The maximum atomic E-state index is 5.64. The summed E-state index contributed by atoms with van der Waals surface area (Å²) in [5.41, 5.74) is 1.21. The van der Waals surface area contributed by atoms with Crippen molar-refractivity contribution >= 4 is 11.6 Å². The number of benzene rings is 1. The third-order valence-corrected chi connectivity index (χ3v) is 1.22. The summed E-state index contributed by atoms with van der Waals surface area (Å²) in [4.78, 5) is 0. The van der Waals surface area contributed by atoms with Gasteiger partial charge in [-0.05, 0) is 24.6 Å². The molecule has 0 N–H and O–H groups in total. The van der Waals surface area contributed by atoms with Gasteiger partial charge in [0.15, 0.2) is 0 Å². The first-order valence-corrected chi connectivity index (χ1v) is 3.22. The number of terminal acetylenes is 1. The Balaban J connectivity index is 0.000000371. The molecule has 0 fully saturated rings. The highest BCUT2D eigenvalue weighted by Gasteiger charge is 1.82. The summed E-state index contributed by atoms with van der Waals surface area (Å²) in [7, 11) is 0. The molecule has 0 aliphatic rings. The van der Waals surface area contributed by atoms with Crippen molar-refractivity contribution in [2.24, 2.45) is 0 Å². The van der Waals surface area contributed by atoms with Gasteiger partial charge in [0.1, 0.15) is 0 Å². The molecule has 0 heterocycles. The fraction of sp³-hybridized carbons (Fsp3) is 0.111. The van der Waals surface area contributed by atoms with Crippen LogP contribution in [0.1, 0.15) is 5.56 Å². The molecule has 0 bridgehead atoms. The van der Waals surface area contributed by atoms with Gasteiger partial charge < -0.3 is 0 Å². The van der Waals surface area contributed by atoms with Crippen LogP contribution < -0.4 is 0 Å². The molecule has 0 saturated heterocycles. The molecule has 0 aliphatic carbocycles. The summed E-state index contributed by atoms with van der Waals surface area (Å²) >= 11 is 5.64. The van der Waals surface area contributed by atoms with Crippen LogP contribution in [0.2, 0.25) is 5.02 Å². The molecule has 0 spiro atoms. The zero-order valence-corrected chi connectivity index (χ0v) is 6.60. The summed E-state index contributed by atoms with van der Waals surface area (Å²) < 4.78 is 0. The normalized spacial score (nSPS) is 7.60. The first-order valence-electron chi connectivity index (χ1n) is 2.84. The number of hydrogen-bond donors (Lipinski definition) is 0. The van der Waals surface area contributed by atoms with E-state index in [1.54, 1.807) is 0 Å². The first-order chi connectivity index (χ1) is 4.79. The maximum Gasteiger partial charge on any atom is 0.0408 e. The summed E-state index contributed by atoms with van der Waals surface area (Å²) in [5.74, 6) is 0. The number of aryl methyl sites for hydroxylation is 1. The first kappa shape index (κ1) is 9.07. The molecule has 52 valence electrons. The van der Waals surface area contributed by atoms with E-state index in [9.17, 15) is 0 Å². The second-order valence-corrected chi connectivity index (χ2v) is 2.24. The predicted molar refractivity (Wildman–Crippen MR) is 46.1 cm³/mol. The predicted octanol–water partition coefficient (Wildman–Crippen LogP) is 2.90. The smallest absolute Gasteiger partial charge is 0.0408 e. The van der Waals surface area contributed by atoms with E-state index in [2.05, 4.69) is 12.8 Å². The number of hydrogen-bond acceptors (Lipinski definition) is 0. The molecule has 0 unspecified atom stereocenters. The summed E-state index contributed by atoms with van der Waals surface area (Å²) in [6, 6.07) is 7.76. The van der Waals surface area contributed by atoms with Crippen LogP contribution >= 0.6 is 11.6 Å². The van der Waals surface area contributed by atoms with Crippen LogP contribution in [-0.4, -0.2) is 0 Å². The molecule has 0 saturated carbocycles. The van der Waals surface area contributed by atoms with Crippen LogP contribution in [0.4, 0.5) is 0 Å². The Kier molecular flexibility index (Phi) is 4.45. The van der Waals surface area contributed by atoms with Gasteiger partial charge in [0.05, 0.1) is 0 Å². The Bertz CT molecular complexity index is 196. The second-order valence-electron chi connectivity index (χ2n) is 1.80. The Hall–Kier alpha value is -0.930. The molecule has 10 heavy (non-hydrogen) atoms. The van der Waals surface area contributed by atoms with E-state index in [0.717, 1.165) is 5.02 Å². The summed E-state index contributed by atoms with van der Waals surface area (Å²) in [5, 5.41) is 0.810. The van der Waals surface area contributed by atoms with Gasteiger partial charge in [-0.2, -0.15) is 0 Å². The van der Waals surface area contributed by atoms with Gasteiger partial charge in [0, 0.05) is 5.02 Å². The van der Waals surface area contributed by atoms with Crippen molar-refractivity contribution in [3.63, 3.8) is 0 Å². The average molecular weight is 153 g/mol. The van der Waals surface area contributed by atoms with Gasteiger partial charge >= 0.3 is 0 Å². The van der Waals surface area contributed by atoms with Crippen LogP contribution in [-0.2, 0) is 0 Å². The lowest BCUT2D eigenvalue weighted by Crippen LogP contribution is -1.66. The monoisotopic (exact) mass is 152 g/mol. The van der Waals surface area contributed by atoms with Crippen LogP contribution in [0, 0.1) is 19.8 Å². The highest BCUT2D eigenvalue weighted by molar-refractivity contribution is 6.30. The highest BCUT2D eigenvalue weighted by Crippen LogP contribution is 2.08. The van der Waals surface area contributed by atoms with E-state index < -0.39 is 0 Å². The largest absolute Gasteiger partial charge is 0.124 e.